The highest BCUT2D eigenvalue weighted by atomic mass is 16.5. The van der Waals surface area contributed by atoms with Crippen molar-refractivity contribution in [2.45, 2.75) is 25.8 Å². The molecule has 1 aromatic carbocycles. The van der Waals surface area contributed by atoms with E-state index >= 15 is 0 Å². The molecule has 0 aliphatic heterocycles. The smallest absolute Gasteiger partial charge is 0.320 e. The van der Waals surface area contributed by atoms with Crippen LogP contribution in [0.3, 0.4) is 0 Å². The molecule has 0 bridgehead atoms. The monoisotopic (exact) mass is 237 g/mol. The topological polar surface area (TPSA) is 58.6 Å². The van der Waals surface area contributed by atoms with Crippen molar-refractivity contribution in [3.05, 3.63) is 30.3 Å². The molecule has 0 fully saturated rings. The van der Waals surface area contributed by atoms with E-state index in [1.165, 1.54) is 0 Å². The molecule has 1 aromatic rings. The minimum Gasteiger partial charge on any atom is -0.492 e. The largest absolute Gasteiger partial charge is 0.492 e. The average molecular weight is 237 g/mol. The van der Waals surface area contributed by atoms with Crippen molar-refractivity contribution in [2.75, 3.05) is 13.2 Å². The molecule has 0 amide bonds. The molecule has 0 radical (unpaired) electrons. The lowest BCUT2D eigenvalue weighted by Crippen LogP contribution is -2.38. The zero-order valence-corrected chi connectivity index (χ0v) is 10.1. The third-order valence-electron chi connectivity index (χ3n) is 2.38. The van der Waals surface area contributed by atoms with Gasteiger partial charge >= 0.3 is 5.97 Å². The van der Waals surface area contributed by atoms with Crippen LogP contribution in [0.1, 0.15) is 19.8 Å². The minimum absolute atomic E-state index is 0.470. The summed E-state index contributed by atoms with van der Waals surface area (Å²) in [6, 6.07) is 9.01. The maximum absolute atomic E-state index is 10.9. The van der Waals surface area contributed by atoms with Gasteiger partial charge < -0.3 is 15.2 Å². The number of carbonyl (C=O) groups is 1. The molecular weight excluding hydrogens is 218 g/mol. The summed E-state index contributed by atoms with van der Waals surface area (Å²) in [7, 11) is 0. The predicted molar refractivity (Wildman–Crippen MR) is 66.3 cm³/mol. The zero-order valence-electron chi connectivity index (χ0n) is 10.1. The molecule has 0 aliphatic rings. The van der Waals surface area contributed by atoms with Crippen LogP contribution < -0.4 is 10.1 Å². The highest BCUT2D eigenvalue weighted by Gasteiger charge is 2.14. The van der Waals surface area contributed by atoms with Gasteiger partial charge in [0.1, 0.15) is 18.4 Å². The summed E-state index contributed by atoms with van der Waals surface area (Å²) in [5, 5.41) is 11.9. The van der Waals surface area contributed by atoms with Crippen molar-refractivity contribution < 1.29 is 14.6 Å². The van der Waals surface area contributed by atoms with Gasteiger partial charge in [0.15, 0.2) is 0 Å². The zero-order chi connectivity index (χ0) is 12.5. The van der Waals surface area contributed by atoms with Crippen LogP contribution in [0.4, 0.5) is 0 Å². The summed E-state index contributed by atoms with van der Waals surface area (Å²) in [6.07, 6.45) is 1.49. The molecule has 0 aromatic heterocycles. The normalized spacial score (nSPS) is 12.1. The fraction of sp³-hybridized carbons (Fsp3) is 0.462. The van der Waals surface area contributed by atoms with Gasteiger partial charge in [-0.1, -0.05) is 31.5 Å². The van der Waals surface area contributed by atoms with Crippen LogP contribution in [0, 0.1) is 0 Å². The molecule has 4 nitrogen and oxygen atoms in total. The second-order valence-corrected chi connectivity index (χ2v) is 3.80. The van der Waals surface area contributed by atoms with E-state index in [1.54, 1.807) is 0 Å². The van der Waals surface area contributed by atoms with Gasteiger partial charge in [-0.3, -0.25) is 4.79 Å². The van der Waals surface area contributed by atoms with Crippen LogP contribution in [0.2, 0.25) is 0 Å². The molecule has 1 atom stereocenters. The van der Waals surface area contributed by atoms with Crippen molar-refractivity contribution in [3.63, 3.8) is 0 Å². The van der Waals surface area contributed by atoms with E-state index in [9.17, 15) is 4.79 Å². The van der Waals surface area contributed by atoms with Crippen LogP contribution in [0.25, 0.3) is 0 Å². The molecule has 2 N–H and O–H groups in total. The molecule has 4 heteroatoms. The standard InChI is InChI=1S/C13H19NO3/c1-2-6-12(13(15)16)14-9-10-17-11-7-4-3-5-8-11/h3-5,7-8,12,14H,2,6,9-10H2,1H3,(H,15,16). The number of benzene rings is 1. The summed E-state index contributed by atoms with van der Waals surface area (Å²) in [5.41, 5.74) is 0. The second kappa shape index (κ2) is 7.68. The van der Waals surface area contributed by atoms with Crippen LogP contribution >= 0.6 is 0 Å². The van der Waals surface area contributed by atoms with Crippen LogP contribution in [0.15, 0.2) is 30.3 Å². The molecule has 0 aliphatic carbocycles. The molecule has 0 spiro atoms. The molecule has 0 saturated carbocycles. The third kappa shape index (κ3) is 5.36. The molecule has 94 valence electrons. The Bertz CT molecular complexity index is 327. The van der Waals surface area contributed by atoms with Gasteiger partial charge in [0.05, 0.1) is 0 Å². The first kappa shape index (κ1) is 13.5. The van der Waals surface area contributed by atoms with Gasteiger partial charge in [0.2, 0.25) is 0 Å². The Morgan fingerprint density at radius 1 is 1.41 bits per heavy atom. The van der Waals surface area contributed by atoms with E-state index in [0.29, 0.717) is 19.6 Å². The predicted octanol–water partition coefficient (Wildman–Crippen LogP) is 1.91. The number of aliphatic carboxylic acids is 1. The second-order valence-electron chi connectivity index (χ2n) is 3.80. The van der Waals surface area contributed by atoms with Gasteiger partial charge in [0, 0.05) is 6.54 Å². The van der Waals surface area contributed by atoms with Crippen molar-refractivity contribution in [1.29, 1.82) is 0 Å². The Hall–Kier alpha value is -1.55. The minimum atomic E-state index is -0.799. The van der Waals surface area contributed by atoms with Crippen LogP contribution in [0.5, 0.6) is 5.75 Å². The van der Waals surface area contributed by atoms with Gasteiger partial charge in [-0.05, 0) is 18.6 Å². The number of para-hydroxylation sites is 1. The lowest BCUT2D eigenvalue weighted by Gasteiger charge is -2.13. The first-order valence-electron chi connectivity index (χ1n) is 5.88. The number of carboxylic acid groups (broad SMARTS) is 1. The van der Waals surface area contributed by atoms with Crippen molar-refractivity contribution in [2.24, 2.45) is 0 Å². The first-order valence-corrected chi connectivity index (χ1v) is 5.88. The van der Waals surface area contributed by atoms with E-state index in [2.05, 4.69) is 5.32 Å². The van der Waals surface area contributed by atoms with Crippen molar-refractivity contribution in [3.8, 4) is 5.75 Å². The Balaban J connectivity index is 2.20. The fourth-order valence-corrected chi connectivity index (χ4v) is 1.52. The molecule has 17 heavy (non-hydrogen) atoms. The number of ether oxygens (including phenoxy) is 1. The Labute approximate surface area is 102 Å². The fourth-order valence-electron chi connectivity index (χ4n) is 1.52. The van der Waals surface area contributed by atoms with Crippen LogP contribution in [-0.2, 0) is 4.79 Å². The number of nitrogens with one attached hydrogen (secondary N) is 1. The summed E-state index contributed by atoms with van der Waals surface area (Å²) in [6.45, 7) is 2.97. The van der Waals surface area contributed by atoms with Gasteiger partial charge in [0.25, 0.3) is 0 Å². The van der Waals surface area contributed by atoms with E-state index in [-0.39, 0.29) is 0 Å². The first-order chi connectivity index (χ1) is 8.24. The number of rotatable bonds is 8. The van der Waals surface area contributed by atoms with Gasteiger partial charge in [-0.15, -0.1) is 0 Å². The Morgan fingerprint density at radius 2 is 2.12 bits per heavy atom. The van der Waals surface area contributed by atoms with Crippen LogP contribution in [-0.4, -0.2) is 30.3 Å². The SMILES string of the molecule is CCCC(NCCOc1ccccc1)C(=O)O. The quantitative estimate of drug-likeness (QED) is 0.678. The van der Waals surface area contributed by atoms with E-state index < -0.39 is 12.0 Å². The lowest BCUT2D eigenvalue weighted by molar-refractivity contribution is -0.139. The molecule has 1 unspecified atom stereocenters. The maximum Gasteiger partial charge on any atom is 0.320 e. The maximum atomic E-state index is 10.9. The summed E-state index contributed by atoms with van der Waals surface area (Å²) in [4.78, 5) is 10.9. The van der Waals surface area contributed by atoms with E-state index in [4.69, 9.17) is 9.84 Å². The van der Waals surface area contributed by atoms with Gasteiger partial charge in [-0.25, -0.2) is 0 Å². The van der Waals surface area contributed by atoms with E-state index in [0.717, 1.165) is 12.2 Å². The van der Waals surface area contributed by atoms with E-state index in [1.807, 2.05) is 37.3 Å². The average Bonchev–Trinajstić information content (AvgIpc) is 2.34. The molecular formula is C13H19NO3. The lowest BCUT2D eigenvalue weighted by atomic mass is 10.2. The summed E-state index contributed by atoms with van der Waals surface area (Å²) < 4.78 is 5.46. The summed E-state index contributed by atoms with van der Waals surface area (Å²) in [5.74, 6) is 0.00299. The molecule has 0 heterocycles. The number of hydrogen-bond acceptors (Lipinski definition) is 3. The highest BCUT2D eigenvalue weighted by Crippen LogP contribution is 2.07. The Kier molecular flexibility index (Phi) is 6.10. The molecule has 1 rings (SSSR count). The molecule has 0 saturated heterocycles. The number of carboxylic acids is 1. The van der Waals surface area contributed by atoms with Gasteiger partial charge in [-0.2, -0.15) is 0 Å². The Morgan fingerprint density at radius 3 is 2.71 bits per heavy atom. The third-order valence-corrected chi connectivity index (χ3v) is 2.38. The summed E-state index contributed by atoms with van der Waals surface area (Å²) >= 11 is 0. The highest BCUT2D eigenvalue weighted by molar-refractivity contribution is 5.73. The van der Waals surface area contributed by atoms with Crippen molar-refractivity contribution in [1.82, 2.24) is 5.32 Å². The number of hydrogen-bond donors (Lipinski definition) is 2. The van der Waals surface area contributed by atoms with Crippen molar-refractivity contribution >= 4 is 5.97 Å².